The van der Waals surface area contributed by atoms with Crippen LogP contribution in [0.25, 0.3) is 0 Å². The largest absolute Gasteiger partial charge is 0.478 e. The first-order chi connectivity index (χ1) is 9.49. The van der Waals surface area contributed by atoms with Crippen LogP contribution in [0.1, 0.15) is 16.8 Å². The molecule has 20 heavy (non-hydrogen) atoms. The number of anilines is 1. The van der Waals surface area contributed by atoms with Crippen molar-refractivity contribution in [2.24, 2.45) is 0 Å². The summed E-state index contributed by atoms with van der Waals surface area (Å²) in [4.78, 5) is 24.4. The fourth-order valence-electron chi connectivity index (χ4n) is 1.95. The zero-order chi connectivity index (χ0) is 14.7. The van der Waals surface area contributed by atoms with Crippen molar-refractivity contribution in [3.8, 4) is 0 Å². The van der Waals surface area contributed by atoms with E-state index in [9.17, 15) is 14.0 Å². The number of nitrogens with zero attached hydrogens (tertiary/aromatic N) is 1. The third-order valence-corrected chi connectivity index (χ3v) is 4.37. The van der Waals surface area contributed by atoms with Gasteiger partial charge in [-0.3, -0.25) is 0 Å². The van der Waals surface area contributed by atoms with Crippen molar-refractivity contribution >= 4 is 29.4 Å². The predicted molar refractivity (Wildman–Crippen MR) is 75.9 cm³/mol. The van der Waals surface area contributed by atoms with Gasteiger partial charge < -0.3 is 15.3 Å². The molecule has 0 radical (unpaired) electrons. The van der Waals surface area contributed by atoms with Crippen molar-refractivity contribution in [1.82, 2.24) is 4.90 Å². The van der Waals surface area contributed by atoms with Crippen molar-refractivity contribution in [3.05, 3.63) is 29.6 Å². The number of carbonyl (C=O) groups is 2. The van der Waals surface area contributed by atoms with Crippen LogP contribution in [0.2, 0.25) is 0 Å². The first-order valence-electron chi connectivity index (χ1n) is 6.13. The molecule has 1 aromatic carbocycles. The van der Waals surface area contributed by atoms with Crippen LogP contribution >= 0.6 is 11.8 Å². The third-order valence-electron chi connectivity index (χ3n) is 3.23. The lowest BCUT2D eigenvalue weighted by Crippen LogP contribution is -2.40. The number of hydrogen-bond donors (Lipinski definition) is 2. The van der Waals surface area contributed by atoms with Crippen LogP contribution in [-0.2, 0) is 0 Å². The molecule has 2 amide bonds. The topological polar surface area (TPSA) is 69.6 Å². The zero-order valence-electron chi connectivity index (χ0n) is 10.9. The maximum Gasteiger partial charge on any atom is 0.335 e. The van der Waals surface area contributed by atoms with Crippen LogP contribution in [0.5, 0.6) is 0 Å². The Bertz CT molecular complexity index is 532. The normalized spacial score (nSPS) is 17.8. The first kappa shape index (κ1) is 14.6. The zero-order valence-corrected chi connectivity index (χ0v) is 11.7. The van der Waals surface area contributed by atoms with Gasteiger partial charge in [-0.1, -0.05) is 0 Å². The standard InChI is InChI=1S/C13H15FN2O3S/c1-16(9-4-5-20-7-9)13(19)15-11-6-8(12(17)18)2-3-10(11)14/h2-3,6,9H,4-5,7H2,1H3,(H,15,19)(H,17,18). The fourth-order valence-corrected chi connectivity index (χ4v) is 3.22. The van der Waals surface area contributed by atoms with Gasteiger partial charge in [0.2, 0.25) is 0 Å². The summed E-state index contributed by atoms with van der Waals surface area (Å²) in [6, 6.07) is 3.01. The molecule has 1 heterocycles. The van der Waals surface area contributed by atoms with E-state index in [-0.39, 0.29) is 17.3 Å². The van der Waals surface area contributed by atoms with Gasteiger partial charge in [0.1, 0.15) is 5.82 Å². The highest BCUT2D eigenvalue weighted by Gasteiger charge is 2.24. The second kappa shape index (κ2) is 6.13. The summed E-state index contributed by atoms with van der Waals surface area (Å²) in [5, 5.41) is 11.3. The molecule has 7 heteroatoms. The van der Waals surface area contributed by atoms with E-state index < -0.39 is 17.8 Å². The van der Waals surface area contributed by atoms with Crippen LogP contribution in [0.4, 0.5) is 14.9 Å². The van der Waals surface area contributed by atoms with Crippen molar-refractivity contribution in [2.75, 3.05) is 23.9 Å². The lowest BCUT2D eigenvalue weighted by atomic mass is 10.2. The second-order valence-electron chi connectivity index (χ2n) is 4.56. The summed E-state index contributed by atoms with van der Waals surface area (Å²) in [5.74, 6) is 0.0470. The highest BCUT2D eigenvalue weighted by Crippen LogP contribution is 2.23. The Morgan fingerprint density at radius 1 is 1.50 bits per heavy atom. The van der Waals surface area contributed by atoms with Gasteiger partial charge >= 0.3 is 12.0 Å². The molecule has 108 valence electrons. The Kier molecular flexibility index (Phi) is 4.49. The minimum atomic E-state index is -1.17. The summed E-state index contributed by atoms with van der Waals surface area (Å²) in [7, 11) is 1.66. The smallest absolute Gasteiger partial charge is 0.335 e. The van der Waals surface area contributed by atoms with E-state index in [0.717, 1.165) is 36.1 Å². The highest BCUT2D eigenvalue weighted by atomic mass is 32.2. The van der Waals surface area contributed by atoms with E-state index in [2.05, 4.69) is 5.32 Å². The number of carboxylic acids is 1. The molecular formula is C13H15FN2O3S. The van der Waals surface area contributed by atoms with Gasteiger partial charge in [-0.25, -0.2) is 14.0 Å². The van der Waals surface area contributed by atoms with Gasteiger partial charge in [0, 0.05) is 18.8 Å². The Labute approximate surface area is 120 Å². The number of urea groups is 1. The van der Waals surface area contributed by atoms with Crippen LogP contribution in [0.3, 0.4) is 0 Å². The van der Waals surface area contributed by atoms with E-state index in [4.69, 9.17) is 5.11 Å². The molecule has 1 aromatic rings. The number of rotatable bonds is 3. The van der Waals surface area contributed by atoms with E-state index in [1.165, 1.54) is 4.90 Å². The van der Waals surface area contributed by atoms with Gasteiger partial charge in [0.25, 0.3) is 0 Å². The van der Waals surface area contributed by atoms with Gasteiger partial charge in [-0.2, -0.15) is 11.8 Å². The second-order valence-corrected chi connectivity index (χ2v) is 5.71. The predicted octanol–water partition coefficient (Wildman–Crippen LogP) is 2.49. The van der Waals surface area contributed by atoms with Crippen molar-refractivity contribution in [2.45, 2.75) is 12.5 Å². The molecule has 1 aliphatic rings. The summed E-state index contributed by atoms with van der Waals surface area (Å²) >= 11 is 1.77. The molecule has 1 fully saturated rings. The van der Waals surface area contributed by atoms with E-state index in [1.54, 1.807) is 18.8 Å². The summed E-state index contributed by atoms with van der Waals surface area (Å²) in [6.45, 7) is 0. The van der Waals surface area contributed by atoms with E-state index in [0.29, 0.717) is 0 Å². The maximum absolute atomic E-state index is 13.6. The van der Waals surface area contributed by atoms with Crippen LogP contribution in [0, 0.1) is 5.82 Å². The number of nitrogens with one attached hydrogen (secondary N) is 1. The van der Waals surface area contributed by atoms with Crippen LogP contribution in [-0.4, -0.2) is 46.6 Å². The molecule has 1 unspecified atom stereocenters. The molecule has 0 aromatic heterocycles. The average Bonchev–Trinajstić information content (AvgIpc) is 2.94. The number of carbonyl (C=O) groups excluding carboxylic acids is 1. The van der Waals surface area contributed by atoms with Crippen molar-refractivity contribution < 1.29 is 19.1 Å². The molecule has 1 aliphatic heterocycles. The van der Waals surface area contributed by atoms with Crippen molar-refractivity contribution in [1.29, 1.82) is 0 Å². The molecule has 1 atom stereocenters. The van der Waals surface area contributed by atoms with Crippen molar-refractivity contribution in [3.63, 3.8) is 0 Å². The number of aromatic carboxylic acids is 1. The monoisotopic (exact) mass is 298 g/mol. The number of carboxylic acid groups (broad SMARTS) is 1. The molecule has 5 nitrogen and oxygen atoms in total. The Hall–Kier alpha value is -1.76. The van der Waals surface area contributed by atoms with Crippen LogP contribution in [0.15, 0.2) is 18.2 Å². The fraction of sp³-hybridized carbons (Fsp3) is 0.385. The Morgan fingerprint density at radius 3 is 2.85 bits per heavy atom. The van der Waals surface area contributed by atoms with Gasteiger partial charge in [-0.15, -0.1) is 0 Å². The molecule has 0 saturated carbocycles. The number of thioether (sulfide) groups is 1. The summed E-state index contributed by atoms with van der Waals surface area (Å²) in [6.07, 6.45) is 0.909. The summed E-state index contributed by atoms with van der Waals surface area (Å²) in [5.41, 5.74) is -0.187. The summed E-state index contributed by atoms with van der Waals surface area (Å²) < 4.78 is 13.6. The molecular weight excluding hydrogens is 283 g/mol. The molecule has 2 N–H and O–H groups in total. The van der Waals surface area contributed by atoms with E-state index in [1.807, 2.05) is 0 Å². The SMILES string of the molecule is CN(C(=O)Nc1cc(C(=O)O)ccc1F)C1CCSC1. The first-order valence-corrected chi connectivity index (χ1v) is 7.29. The maximum atomic E-state index is 13.6. The number of amides is 2. The lowest BCUT2D eigenvalue weighted by molar-refractivity contribution is 0.0697. The quantitative estimate of drug-likeness (QED) is 0.899. The number of halogens is 1. The molecule has 0 spiro atoms. The lowest BCUT2D eigenvalue weighted by Gasteiger charge is -2.24. The van der Waals surface area contributed by atoms with E-state index >= 15 is 0 Å². The molecule has 2 rings (SSSR count). The Balaban J connectivity index is 2.10. The third kappa shape index (κ3) is 3.22. The van der Waals surface area contributed by atoms with Gasteiger partial charge in [0.15, 0.2) is 0 Å². The minimum Gasteiger partial charge on any atom is -0.478 e. The van der Waals surface area contributed by atoms with Gasteiger partial charge in [-0.05, 0) is 30.4 Å². The molecule has 1 saturated heterocycles. The van der Waals surface area contributed by atoms with Gasteiger partial charge in [0.05, 0.1) is 11.3 Å². The number of hydrogen-bond acceptors (Lipinski definition) is 3. The highest BCUT2D eigenvalue weighted by molar-refractivity contribution is 7.99. The Morgan fingerprint density at radius 2 is 2.25 bits per heavy atom. The molecule has 0 aliphatic carbocycles. The number of benzene rings is 1. The average molecular weight is 298 g/mol. The van der Waals surface area contributed by atoms with Crippen LogP contribution < -0.4 is 5.32 Å². The molecule has 0 bridgehead atoms. The minimum absolute atomic E-state index is 0.0687.